The Labute approximate surface area is 77.4 Å². The van der Waals surface area contributed by atoms with Crippen molar-refractivity contribution in [2.24, 2.45) is 5.73 Å². The Morgan fingerprint density at radius 2 is 2.08 bits per heavy atom. The number of nitrogens with zero attached hydrogens (tertiary/aromatic N) is 1. The molecule has 0 aliphatic carbocycles. The molecule has 0 amide bonds. The third-order valence-corrected chi connectivity index (χ3v) is 1.68. The lowest BCUT2D eigenvalue weighted by molar-refractivity contribution is 1.01. The van der Waals surface area contributed by atoms with E-state index in [1.807, 2.05) is 12.2 Å². The molecule has 4 heteroatoms. The van der Waals surface area contributed by atoms with Crippen LogP contribution in [0.25, 0.3) is 6.08 Å². The van der Waals surface area contributed by atoms with Crippen LogP contribution in [0.2, 0.25) is 0 Å². The summed E-state index contributed by atoms with van der Waals surface area (Å²) >= 11 is 0. The highest BCUT2D eigenvalue weighted by Crippen LogP contribution is 2.18. The number of anilines is 2. The van der Waals surface area contributed by atoms with E-state index in [9.17, 15) is 0 Å². The van der Waals surface area contributed by atoms with Crippen LogP contribution in [0.1, 0.15) is 12.0 Å². The monoisotopic (exact) mass is 178 g/mol. The van der Waals surface area contributed by atoms with Gasteiger partial charge in [-0.15, -0.1) is 0 Å². The van der Waals surface area contributed by atoms with E-state index in [0.29, 0.717) is 17.9 Å². The molecule has 1 aromatic rings. The number of rotatable bonds is 3. The number of nitrogen functional groups attached to an aromatic ring is 2. The minimum Gasteiger partial charge on any atom is -0.396 e. The van der Waals surface area contributed by atoms with Crippen molar-refractivity contribution in [1.82, 2.24) is 4.98 Å². The molecule has 13 heavy (non-hydrogen) atoms. The third kappa shape index (κ3) is 2.45. The normalized spacial score (nSPS) is 10.8. The van der Waals surface area contributed by atoms with Gasteiger partial charge in [0, 0.05) is 11.8 Å². The molecule has 0 aliphatic heterocycles. The van der Waals surface area contributed by atoms with Crippen molar-refractivity contribution >= 4 is 17.5 Å². The Morgan fingerprint density at radius 1 is 1.31 bits per heavy atom. The molecule has 0 atom stereocenters. The smallest absolute Gasteiger partial charge is 0.0740 e. The van der Waals surface area contributed by atoms with E-state index in [2.05, 4.69) is 4.98 Å². The number of nitrogens with two attached hydrogens (primary N) is 3. The number of pyridine rings is 1. The highest BCUT2D eigenvalue weighted by molar-refractivity contribution is 5.74. The zero-order valence-electron chi connectivity index (χ0n) is 7.40. The molecule has 6 N–H and O–H groups in total. The molecule has 4 nitrogen and oxygen atoms in total. The van der Waals surface area contributed by atoms with Crippen LogP contribution in [0, 0.1) is 0 Å². The lowest BCUT2D eigenvalue weighted by Crippen LogP contribution is -1.98. The molecule has 0 saturated carbocycles. The third-order valence-electron chi connectivity index (χ3n) is 1.68. The van der Waals surface area contributed by atoms with Gasteiger partial charge in [-0.3, -0.25) is 4.98 Å². The minimum atomic E-state index is 0.509. The van der Waals surface area contributed by atoms with Gasteiger partial charge in [0.05, 0.1) is 17.6 Å². The number of aromatic nitrogens is 1. The highest BCUT2D eigenvalue weighted by Gasteiger charge is 1.98. The van der Waals surface area contributed by atoms with Gasteiger partial charge in [0.25, 0.3) is 0 Å². The van der Waals surface area contributed by atoms with Gasteiger partial charge in [-0.05, 0) is 13.0 Å². The molecule has 0 aromatic carbocycles. The fraction of sp³-hybridized carbons (Fsp3) is 0.222. The van der Waals surface area contributed by atoms with Crippen molar-refractivity contribution in [3.63, 3.8) is 0 Å². The molecule has 0 spiro atoms. The molecule has 0 unspecified atom stereocenters. The second-order valence-electron chi connectivity index (χ2n) is 2.71. The van der Waals surface area contributed by atoms with Crippen LogP contribution in [0.3, 0.4) is 0 Å². The molecule has 0 fully saturated rings. The van der Waals surface area contributed by atoms with Gasteiger partial charge >= 0.3 is 0 Å². The van der Waals surface area contributed by atoms with Crippen molar-refractivity contribution in [3.8, 4) is 0 Å². The van der Waals surface area contributed by atoms with Crippen molar-refractivity contribution in [3.05, 3.63) is 24.0 Å². The summed E-state index contributed by atoms with van der Waals surface area (Å²) in [5, 5.41) is 0. The molecular weight excluding hydrogens is 164 g/mol. The van der Waals surface area contributed by atoms with Gasteiger partial charge in [0.2, 0.25) is 0 Å². The summed E-state index contributed by atoms with van der Waals surface area (Å²) in [6, 6.07) is 0. The van der Waals surface area contributed by atoms with Crippen LogP contribution in [0.4, 0.5) is 11.4 Å². The van der Waals surface area contributed by atoms with Gasteiger partial charge in [-0.1, -0.05) is 12.2 Å². The van der Waals surface area contributed by atoms with Crippen LogP contribution in [0.15, 0.2) is 18.5 Å². The quantitative estimate of drug-likeness (QED) is 0.632. The first-order chi connectivity index (χ1) is 6.25. The molecule has 0 aliphatic rings. The van der Waals surface area contributed by atoms with E-state index in [0.717, 1.165) is 12.0 Å². The second kappa shape index (κ2) is 4.47. The fourth-order valence-corrected chi connectivity index (χ4v) is 0.943. The first kappa shape index (κ1) is 9.54. The molecule has 1 aromatic heterocycles. The standard InChI is InChI=1S/C9H14N4/c10-4-2-1-3-7-5-13-6-8(11)9(7)12/h1,3,5-6H,2,4,10-11H2,(H2,12,13). The maximum atomic E-state index is 5.72. The van der Waals surface area contributed by atoms with Crippen LogP contribution >= 0.6 is 0 Å². The summed E-state index contributed by atoms with van der Waals surface area (Å²) in [4.78, 5) is 3.94. The minimum absolute atomic E-state index is 0.509. The topological polar surface area (TPSA) is 90.9 Å². The van der Waals surface area contributed by atoms with Gasteiger partial charge in [0.1, 0.15) is 0 Å². The van der Waals surface area contributed by atoms with E-state index in [-0.39, 0.29) is 0 Å². The Hall–Kier alpha value is -1.55. The molecular formula is C9H14N4. The predicted molar refractivity (Wildman–Crippen MR) is 55.8 cm³/mol. The Bertz CT molecular complexity index is 306. The maximum Gasteiger partial charge on any atom is 0.0740 e. The summed E-state index contributed by atoms with van der Waals surface area (Å²) in [6.07, 6.45) is 7.88. The largest absolute Gasteiger partial charge is 0.396 e. The summed E-state index contributed by atoms with van der Waals surface area (Å²) in [5.41, 5.74) is 18.6. The van der Waals surface area contributed by atoms with Crippen molar-refractivity contribution in [2.45, 2.75) is 6.42 Å². The summed E-state index contributed by atoms with van der Waals surface area (Å²) in [5.74, 6) is 0. The molecule has 1 rings (SSSR count). The van der Waals surface area contributed by atoms with Gasteiger partial charge in [0.15, 0.2) is 0 Å². The van der Waals surface area contributed by atoms with Crippen LogP contribution < -0.4 is 17.2 Å². The predicted octanol–water partition coefficient (Wildman–Crippen LogP) is 0.608. The summed E-state index contributed by atoms with van der Waals surface area (Å²) in [7, 11) is 0. The molecule has 0 radical (unpaired) electrons. The second-order valence-corrected chi connectivity index (χ2v) is 2.71. The number of hydrogen-bond acceptors (Lipinski definition) is 4. The first-order valence-corrected chi connectivity index (χ1v) is 4.11. The highest BCUT2D eigenvalue weighted by atomic mass is 14.7. The SMILES string of the molecule is NCCC=Cc1cncc(N)c1N. The maximum absolute atomic E-state index is 5.72. The van der Waals surface area contributed by atoms with E-state index in [4.69, 9.17) is 17.2 Å². The van der Waals surface area contributed by atoms with Gasteiger partial charge < -0.3 is 17.2 Å². The van der Waals surface area contributed by atoms with Crippen LogP contribution in [-0.2, 0) is 0 Å². The van der Waals surface area contributed by atoms with Crippen LogP contribution in [0.5, 0.6) is 0 Å². The lowest BCUT2D eigenvalue weighted by atomic mass is 10.2. The zero-order chi connectivity index (χ0) is 9.68. The Kier molecular flexibility index (Phi) is 3.28. The molecule has 1 heterocycles. The fourth-order valence-electron chi connectivity index (χ4n) is 0.943. The average molecular weight is 178 g/mol. The van der Waals surface area contributed by atoms with E-state index in [1.165, 1.54) is 6.20 Å². The summed E-state index contributed by atoms with van der Waals surface area (Å²) in [6.45, 7) is 0.631. The van der Waals surface area contributed by atoms with Crippen molar-refractivity contribution < 1.29 is 0 Å². The van der Waals surface area contributed by atoms with E-state index in [1.54, 1.807) is 6.20 Å². The van der Waals surface area contributed by atoms with Crippen LogP contribution in [-0.4, -0.2) is 11.5 Å². The molecule has 0 saturated heterocycles. The average Bonchev–Trinajstić information content (AvgIpc) is 2.13. The van der Waals surface area contributed by atoms with Crippen molar-refractivity contribution in [1.29, 1.82) is 0 Å². The van der Waals surface area contributed by atoms with E-state index >= 15 is 0 Å². The Balaban J connectivity index is 2.83. The lowest BCUT2D eigenvalue weighted by Gasteiger charge is -2.01. The van der Waals surface area contributed by atoms with Crippen molar-refractivity contribution in [2.75, 3.05) is 18.0 Å². The Morgan fingerprint density at radius 3 is 2.77 bits per heavy atom. The summed E-state index contributed by atoms with van der Waals surface area (Å²) < 4.78 is 0. The first-order valence-electron chi connectivity index (χ1n) is 4.11. The van der Waals surface area contributed by atoms with E-state index < -0.39 is 0 Å². The van der Waals surface area contributed by atoms with Gasteiger partial charge in [-0.2, -0.15) is 0 Å². The van der Waals surface area contributed by atoms with Gasteiger partial charge in [-0.25, -0.2) is 0 Å². The zero-order valence-corrected chi connectivity index (χ0v) is 7.40. The molecule has 0 bridgehead atoms. The molecule has 70 valence electrons. The number of hydrogen-bond donors (Lipinski definition) is 3.